The second-order valence-electron chi connectivity index (χ2n) is 6.15. The SMILES string of the molecule is Cc1ccc(S(C)(=O)=O)cc1C(=O)Nc1ccc(Sc2nccn2C)cc1. The zero-order chi connectivity index (χ0) is 19.6. The molecule has 6 nitrogen and oxygen atoms in total. The van der Waals surface area contributed by atoms with E-state index in [1.165, 1.54) is 23.9 Å². The molecule has 1 aromatic heterocycles. The molecule has 3 aromatic rings. The maximum atomic E-state index is 12.6. The molecule has 3 rings (SSSR count). The van der Waals surface area contributed by atoms with E-state index in [0.717, 1.165) is 16.3 Å². The van der Waals surface area contributed by atoms with Gasteiger partial charge in [-0.2, -0.15) is 0 Å². The number of aromatic nitrogens is 2. The van der Waals surface area contributed by atoms with Crippen LogP contribution in [0.3, 0.4) is 0 Å². The van der Waals surface area contributed by atoms with Gasteiger partial charge in [0.25, 0.3) is 5.91 Å². The van der Waals surface area contributed by atoms with Crippen LogP contribution in [0.25, 0.3) is 0 Å². The van der Waals surface area contributed by atoms with Crippen molar-refractivity contribution in [3.05, 3.63) is 66.0 Å². The lowest BCUT2D eigenvalue weighted by molar-refractivity contribution is 0.102. The first kappa shape index (κ1) is 19.2. The number of imidazole rings is 1. The van der Waals surface area contributed by atoms with Crippen molar-refractivity contribution < 1.29 is 13.2 Å². The summed E-state index contributed by atoms with van der Waals surface area (Å²) >= 11 is 1.52. The van der Waals surface area contributed by atoms with E-state index in [1.54, 1.807) is 31.3 Å². The topological polar surface area (TPSA) is 81.1 Å². The molecule has 140 valence electrons. The maximum absolute atomic E-state index is 12.6. The fourth-order valence-corrected chi connectivity index (χ4v) is 3.89. The fourth-order valence-electron chi connectivity index (χ4n) is 2.44. The third kappa shape index (κ3) is 4.58. The Morgan fingerprint density at radius 1 is 1.15 bits per heavy atom. The predicted octanol–water partition coefficient (Wildman–Crippen LogP) is 3.54. The fraction of sp³-hybridized carbons (Fsp3) is 0.158. The Morgan fingerprint density at radius 2 is 1.85 bits per heavy atom. The normalized spacial score (nSPS) is 11.4. The van der Waals surface area contributed by atoms with Crippen LogP contribution in [0.5, 0.6) is 0 Å². The molecule has 1 N–H and O–H groups in total. The van der Waals surface area contributed by atoms with E-state index in [-0.39, 0.29) is 10.8 Å². The van der Waals surface area contributed by atoms with Gasteiger partial charge in [0.1, 0.15) is 0 Å². The lowest BCUT2D eigenvalue weighted by atomic mass is 10.1. The molecule has 0 radical (unpaired) electrons. The Balaban J connectivity index is 1.76. The van der Waals surface area contributed by atoms with Crippen LogP contribution in [0, 0.1) is 6.92 Å². The summed E-state index contributed by atoms with van der Waals surface area (Å²) in [5.74, 6) is -0.345. The van der Waals surface area contributed by atoms with E-state index in [4.69, 9.17) is 0 Å². The van der Waals surface area contributed by atoms with Crippen LogP contribution in [-0.2, 0) is 16.9 Å². The van der Waals surface area contributed by atoms with Crippen LogP contribution in [-0.4, -0.2) is 30.1 Å². The summed E-state index contributed by atoms with van der Waals surface area (Å²) in [5, 5.41) is 3.69. The Bertz CT molecular complexity index is 1090. The lowest BCUT2D eigenvalue weighted by Gasteiger charge is -2.10. The van der Waals surface area contributed by atoms with Gasteiger partial charge in [-0.15, -0.1) is 0 Å². The zero-order valence-corrected chi connectivity index (χ0v) is 16.8. The number of sulfone groups is 1. The summed E-state index contributed by atoms with van der Waals surface area (Å²) in [6, 6.07) is 12.0. The molecular weight excluding hydrogens is 382 g/mol. The monoisotopic (exact) mass is 401 g/mol. The second kappa shape index (κ2) is 7.58. The highest BCUT2D eigenvalue weighted by Crippen LogP contribution is 2.27. The van der Waals surface area contributed by atoms with Crippen LogP contribution in [0.15, 0.2) is 69.8 Å². The van der Waals surface area contributed by atoms with Gasteiger partial charge in [-0.05, 0) is 48.9 Å². The number of nitrogens with one attached hydrogen (secondary N) is 1. The van der Waals surface area contributed by atoms with E-state index < -0.39 is 9.84 Å². The van der Waals surface area contributed by atoms with Crippen molar-refractivity contribution in [3.63, 3.8) is 0 Å². The molecule has 0 fully saturated rings. The van der Waals surface area contributed by atoms with Crippen LogP contribution in [0.4, 0.5) is 5.69 Å². The lowest BCUT2D eigenvalue weighted by Crippen LogP contribution is -2.14. The van der Waals surface area contributed by atoms with E-state index in [1.807, 2.05) is 29.9 Å². The molecule has 0 aliphatic heterocycles. The average molecular weight is 402 g/mol. The highest BCUT2D eigenvalue weighted by molar-refractivity contribution is 7.99. The van der Waals surface area contributed by atoms with E-state index >= 15 is 0 Å². The van der Waals surface area contributed by atoms with Crippen molar-refractivity contribution in [1.82, 2.24) is 9.55 Å². The minimum absolute atomic E-state index is 0.125. The first-order valence-corrected chi connectivity index (χ1v) is 10.8. The summed E-state index contributed by atoms with van der Waals surface area (Å²) in [6.07, 6.45) is 4.74. The third-order valence-electron chi connectivity index (χ3n) is 3.98. The van der Waals surface area contributed by atoms with Crippen LogP contribution in [0.1, 0.15) is 15.9 Å². The third-order valence-corrected chi connectivity index (χ3v) is 6.17. The number of carbonyl (C=O) groups is 1. The Labute approximate surface area is 162 Å². The van der Waals surface area contributed by atoms with Crippen molar-refractivity contribution >= 4 is 33.2 Å². The van der Waals surface area contributed by atoms with E-state index in [9.17, 15) is 13.2 Å². The number of benzene rings is 2. The van der Waals surface area contributed by atoms with Crippen molar-refractivity contribution in [2.75, 3.05) is 11.6 Å². The maximum Gasteiger partial charge on any atom is 0.255 e. The summed E-state index contributed by atoms with van der Waals surface area (Å²) in [5.41, 5.74) is 1.68. The van der Waals surface area contributed by atoms with E-state index in [2.05, 4.69) is 10.3 Å². The number of carbonyl (C=O) groups excluding carboxylic acids is 1. The number of anilines is 1. The van der Waals surface area contributed by atoms with Gasteiger partial charge in [0.05, 0.1) is 4.90 Å². The highest BCUT2D eigenvalue weighted by Gasteiger charge is 2.14. The molecule has 1 amide bonds. The number of hydrogen-bond donors (Lipinski definition) is 1. The van der Waals surface area contributed by atoms with Crippen molar-refractivity contribution in [1.29, 1.82) is 0 Å². The predicted molar refractivity (Wildman–Crippen MR) is 106 cm³/mol. The molecule has 0 saturated heterocycles. The van der Waals surface area contributed by atoms with Gasteiger partial charge in [-0.25, -0.2) is 13.4 Å². The van der Waals surface area contributed by atoms with Crippen molar-refractivity contribution in [2.24, 2.45) is 7.05 Å². The number of aryl methyl sites for hydroxylation is 2. The molecule has 0 unspecified atom stereocenters. The van der Waals surface area contributed by atoms with Gasteiger partial charge in [0.2, 0.25) is 0 Å². The Kier molecular flexibility index (Phi) is 5.38. The van der Waals surface area contributed by atoms with Gasteiger partial charge in [0.15, 0.2) is 15.0 Å². The zero-order valence-electron chi connectivity index (χ0n) is 15.1. The van der Waals surface area contributed by atoms with Gasteiger partial charge < -0.3 is 9.88 Å². The van der Waals surface area contributed by atoms with E-state index in [0.29, 0.717) is 16.8 Å². The molecule has 0 aliphatic rings. The molecule has 8 heteroatoms. The molecule has 0 aliphatic carbocycles. The smallest absolute Gasteiger partial charge is 0.255 e. The molecule has 0 atom stereocenters. The van der Waals surface area contributed by atoms with Crippen LogP contribution in [0.2, 0.25) is 0 Å². The molecular formula is C19H19N3O3S2. The van der Waals surface area contributed by atoms with Gasteiger partial charge in [-0.1, -0.05) is 17.8 Å². The van der Waals surface area contributed by atoms with Gasteiger partial charge in [-0.3, -0.25) is 4.79 Å². The Morgan fingerprint density at radius 3 is 2.44 bits per heavy atom. The quantitative estimate of drug-likeness (QED) is 0.707. The van der Waals surface area contributed by atoms with Crippen LogP contribution >= 0.6 is 11.8 Å². The largest absolute Gasteiger partial charge is 0.329 e. The number of rotatable bonds is 5. The standard InChI is InChI=1S/C19H19N3O3S2/c1-13-4-9-16(27(3,24)25)12-17(13)18(23)21-14-5-7-15(8-6-14)26-19-20-10-11-22(19)2/h4-12H,1-3H3,(H,21,23). The van der Waals surface area contributed by atoms with Crippen molar-refractivity contribution in [2.45, 2.75) is 21.9 Å². The van der Waals surface area contributed by atoms with Gasteiger partial charge >= 0.3 is 0 Å². The first-order valence-electron chi connectivity index (χ1n) is 8.11. The number of amides is 1. The number of hydrogen-bond acceptors (Lipinski definition) is 5. The van der Waals surface area contributed by atoms with Crippen molar-refractivity contribution in [3.8, 4) is 0 Å². The molecule has 1 heterocycles. The highest BCUT2D eigenvalue weighted by atomic mass is 32.2. The first-order chi connectivity index (χ1) is 12.7. The minimum Gasteiger partial charge on any atom is -0.329 e. The summed E-state index contributed by atoms with van der Waals surface area (Å²) < 4.78 is 25.4. The van der Waals surface area contributed by atoms with Crippen LogP contribution < -0.4 is 5.32 Å². The second-order valence-corrected chi connectivity index (χ2v) is 9.21. The minimum atomic E-state index is -3.37. The average Bonchev–Trinajstić information content (AvgIpc) is 3.00. The summed E-state index contributed by atoms with van der Waals surface area (Å²) in [7, 11) is -1.45. The Hall–Kier alpha value is -2.58. The van der Waals surface area contributed by atoms with Gasteiger partial charge in [0, 0.05) is 41.8 Å². The molecule has 0 spiro atoms. The molecule has 0 saturated carbocycles. The molecule has 2 aromatic carbocycles. The molecule has 27 heavy (non-hydrogen) atoms. The summed E-state index contributed by atoms with van der Waals surface area (Å²) in [4.78, 5) is 18.0. The molecule has 0 bridgehead atoms. The number of nitrogens with zero attached hydrogens (tertiary/aromatic N) is 2. The summed E-state index contributed by atoms with van der Waals surface area (Å²) in [6.45, 7) is 1.77.